The topological polar surface area (TPSA) is 67.4 Å². The van der Waals surface area contributed by atoms with Gasteiger partial charge in [-0.3, -0.25) is 0 Å². The first-order chi connectivity index (χ1) is 13.1. The van der Waals surface area contributed by atoms with Crippen LogP contribution in [0.15, 0.2) is 89.8 Å². The fourth-order valence-electron chi connectivity index (χ4n) is 2.70. The molecule has 0 spiro atoms. The Kier molecular flexibility index (Phi) is 6.11. The van der Waals surface area contributed by atoms with Gasteiger partial charge < -0.3 is 10.1 Å². The molecule has 0 bridgehead atoms. The van der Waals surface area contributed by atoms with Gasteiger partial charge in [0.25, 0.3) is 0 Å². The molecule has 0 saturated heterocycles. The molecule has 3 rings (SSSR count). The second-order valence-electron chi connectivity index (χ2n) is 6.00. The van der Waals surface area contributed by atoms with Gasteiger partial charge in [0.05, 0.1) is 18.0 Å². The van der Waals surface area contributed by atoms with Gasteiger partial charge in [0.2, 0.25) is 10.0 Å². The van der Waals surface area contributed by atoms with Gasteiger partial charge in [0.15, 0.2) is 0 Å². The Bertz CT molecular complexity index is 944. The van der Waals surface area contributed by atoms with Crippen LogP contribution in [-0.4, -0.2) is 22.1 Å². The van der Waals surface area contributed by atoms with E-state index in [1.807, 2.05) is 54.6 Å². The Morgan fingerprint density at radius 2 is 1.44 bits per heavy atom. The molecule has 0 aliphatic rings. The number of anilines is 1. The van der Waals surface area contributed by atoms with Crippen molar-refractivity contribution in [1.82, 2.24) is 4.72 Å². The maximum absolute atomic E-state index is 12.5. The van der Waals surface area contributed by atoms with Gasteiger partial charge in [0.1, 0.15) is 5.75 Å². The number of ether oxygens (including phenoxy) is 1. The van der Waals surface area contributed by atoms with E-state index in [1.54, 1.807) is 37.4 Å². The summed E-state index contributed by atoms with van der Waals surface area (Å²) in [6, 6.07) is 25.4. The molecular weight excluding hydrogens is 360 g/mol. The monoisotopic (exact) mass is 382 g/mol. The van der Waals surface area contributed by atoms with Crippen LogP contribution in [0, 0.1) is 0 Å². The van der Waals surface area contributed by atoms with Crippen LogP contribution in [0.2, 0.25) is 0 Å². The lowest BCUT2D eigenvalue weighted by Gasteiger charge is -2.21. The summed E-state index contributed by atoms with van der Waals surface area (Å²) in [5.74, 6) is 0.765. The van der Waals surface area contributed by atoms with Crippen LogP contribution in [0.3, 0.4) is 0 Å². The first-order valence-electron chi connectivity index (χ1n) is 8.59. The zero-order valence-corrected chi connectivity index (χ0v) is 15.8. The molecule has 0 aliphatic heterocycles. The number of methoxy groups -OCH3 is 1. The van der Waals surface area contributed by atoms with Crippen molar-refractivity contribution >= 4 is 15.7 Å². The summed E-state index contributed by atoms with van der Waals surface area (Å²) in [5.41, 5.74) is 1.87. The molecule has 5 nitrogen and oxygen atoms in total. The minimum Gasteiger partial charge on any atom is -0.497 e. The van der Waals surface area contributed by atoms with Crippen LogP contribution in [0.25, 0.3) is 0 Å². The number of benzene rings is 3. The summed E-state index contributed by atoms with van der Waals surface area (Å²) in [6.45, 7) is 0.216. The molecule has 1 atom stereocenters. The number of hydrogen-bond acceptors (Lipinski definition) is 4. The van der Waals surface area contributed by atoms with Crippen molar-refractivity contribution in [3.63, 3.8) is 0 Å². The molecule has 140 valence electrons. The second-order valence-corrected chi connectivity index (χ2v) is 7.77. The number of sulfonamides is 1. The predicted molar refractivity (Wildman–Crippen MR) is 107 cm³/mol. The van der Waals surface area contributed by atoms with Crippen molar-refractivity contribution in [3.05, 3.63) is 90.5 Å². The fourth-order valence-corrected chi connectivity index (χ4v) is 3.77. The molecule has 27 heavy (non-hydrogen) atoms. The Morgan fingerprint density at radius 3 is 2.04 bits per heavy atom. The summed E-state index contributed by atoms with van der Waals surface area (Å²) in [4.78, 5) is 0.251. The van der Waals surface area contributed by atoms with Gasteiger partial charge in [-0.25, -0.2) is 13.1 Å². The molecular formula is C21H22N2O3S. The Balaban J connectivity index is 1.78. The molecule has 0 amide bonds. The molecule has 0 aliphatic carbocycles. The molecule has 3 aromatic carbocycles. The highest BCUT2D eigenvalue weighted by Crippen LogP contribution is 2.22. The summed E-state index contributed by atoms with van der Waals surface area (Å²) in [7, 11) is -1.96. The van der Waals surface area contributed by atoms with E-state index in [-0.39, 0.29) is 17.5 Å². The summed E-state index contributed by atoms with van der Waals surface area (Å²) >= 11 is 0. The first kappa shape index (κ1) is 18.9. The molecule has 2 N–H and O–H groups in total. The van der Waals surface area contributed by atoms with Gasteiger partial charge in [-0.05, 0) is 42.0 Å². The Labute approximate surface area is 160 Å². The SMILES string of the molecule is COc1ccc(N[C@@H](CNS(=O)(=O)c2ccccc2)c2ccccc2)cc1. The maximum Gasteiger partial charge on any atom is 0.240 e. The average molecular weight is 382 g/mol. The van der Waals surface area contributed by atoms with E-state index in [4.69, 9.17) is 4.74 Å². The van der Waals surface area contributed by atoms with Crippen molar-refractivity contribution in [3.8, 4) is 5.75 Å². The van der Waals surface area contributed by atoms with Gasteiger partial charge >= 0.3 is 0 Å². The normalized spacial score (nSPS) is 12.3. The molecule has 0 heterocycles. The van der Waals surface area contributed by atoms with Crippen LogP contribution in [-0.2, 0) is 10.0 Å². The standard InChI is InChI=1S/C21H22N2O3S/c1-26-19-14-12-18(13-15-19)23-21(17-8-4-2-5-9-17)16-22-27(24,25)20-10-6-3-7-11-20/h2-15,21-23H,16H2,1H3/t21-/m0/s1. The van der Waals surface area contributed by atoms with E-state index in [1.165, 1.54) is 0 Å². The highest BCUT2D eigenvalue weighted by molar-refractivity contribution is 7.89. The van der Waals surface area contributed by atoms with Crippen molar-refractivity contribution in [2.24, 2.45) is 0 Å². The molecule has 0 fully saturated rings. The Hall–Kier alpha value is -2.83. The van der Waals surface area contributed by atoms with Gasteiger partial charge in [-0.1, -0.05) is 48.5 Å². The lowest BCUT2D eigenvalue weighted by Crippen LogP contribution is -2.31. The minimum absolute atomic E-state index is 0.216. The predicted octanol–water partition coefficient (Wildman–Crippen LogP) is 3.83. The first-order valence-corrected chi connectivity index (χ1v) is 10.1. The van der Waals surface area contributed by atoms with Crippen LogP contribution in [0.1, 0.15) is 11.6 Å². The molecule has 6 heteroatoms. The Morgan fingerprint density at radius 1 is 0.852 bits per heavy atom. The number of rotatable bonds is 8. The quantitative estimate of drug-likeness (QED) is 0.621. The van der Waals surface area contributed by atoms with Gasteiger partial charge in [0, 0.05) is 12.2 Å². The highest BCUT2D eigenvalue weighted by atomic mass is 32.2. The second kappa shape index (κ2) is 8.70. The summed E-state index contributed by atoms with van der Waals surface area (Å²) in [6.07, 6.45) is 0. The summed E-state index contributed by atoms with van der Waals surface area (Å²) in [5, 5.41) is 3.39. The van der Waals surface area contributed by atoms with Crippen molar-refractivity contribution in [1.29, 1.82) is 0 Å². The largest absolute Gasteiger partial charge is 0.497 e. The van der Waals surface area contributed by atoms with Crippen LogP contribution in [0.5, 0.6) is 5.75 Å². The fraction of sp³-hybridized carbons (Fsp3) is 0.143. The van der Waals surface area contributed by atoms with E-state index in [2.05, 4.69) is 10.0 Å². The van der Waals surface area contributed by atoms with Crippen LogP contribution >= 0.6 is 0 Å². The lowest BCUT2D eigenvalue weighted by molar-refractivity contribution is 0.415. The van der Waals surface area contributed by atoms with Gasteiger partial charge in [-0.2, -0.15) is 0 Å². The van der Waals surface area contributed by atoms with E-state index in [0.29, 0.717) is 0 Å². The van der Waals surface area contributed by atoms with E-state index in [0.717, 1.165) is 17.0 Å². The number of nitrogens with one attached hydrogen (secondary N) is 2. The van der Waals surface area contributed by atoms with Crippen molar-refractivity contribution < 1.29 is 13.2 Å². The third-order valence-corrected chi connectivity index (χ3v) is 5.60. The van der Waals surface area contributed by atoms with Gasteiger partial charge in [-0.15, -0.1) is 0 Å². The molecule has 0 unspecified atom stereocenters. The van der Waals surface area contributed by atoms with E-state index < -0.39 is 10.0 Å². The minimum atomic E-state index is -3.58. The summed E-state index contributed by atoms with van der Waals surface area (Å²) < 4.78 is 33.0. The maximum atomic E-state index is 12.5. The zero-order valence-electron chi connectivity index (χ0n) is 15.0. The van der Waals surface area contributed by atoms with Crippen LogP contribution in [0.4, 0.5) is 5.69 Å². The van der Waals surface area contributed by atoms with E-state index in [9.17, 15) is 8.42 Å². The third-order valence-electron chi connectivity index (χ3n) is 4.16. The third kappa shape index (κ3) is 5.09. The molecule has 0 saturated carbocycles. The van der Waals surface area contributed by atoms with Crippen LogP contribution < -0.4 is 14.8 Å². The molecule has 3 aromatic rings. The highest BCUT2D eigenvalue weighted by Gasteiger charge is 2.18. The number of hydrogen-bond donors (Lipinski definition) is 2. The smallest absolute Gasteiger partial charge is 0.240 e. The lowest BCUT2D eigenvalue weighted by atomic mass is 10.1. The molecule has 0 aromatic heterocycles. The van der Waals surface area contributed by atoms with E-state index >= 15 is 0 Å². The molecule has 0 radical (unpaired) electrons. The average Bonchev–Trinajstić information content (AvgIpc) is 2.73. The van der Waals surface area contributed by atoms with Crippen molar-refractivity contribution in [2.75, 3.05) is 19.0 Å². The zero-order chi connectivity index (χ0) is 19.1. The van der Waals surface area contributed by atoms with Crippen molar-refractivity contribution in [2.45, 2.75) is 10.9 Å².